The van der Waals surface area contributed by atoms with Crippen molar-refractivity contribution in [2.75, 3.05) is 41.8 Å². The van der Waals surface area contributed by atoms with Gasteiger partial charge in [0, 0.05) is 47.3 Å². The van der Waals surface area contributed by atoms with Crippen LogP contribution in [-0.4, -0.2) is 49.1 Å². The largest absolute Gasteiger partial charge is 0.378 e. The molecular weight excluding hydrogens is 558 g/mol. The first-order chi connectivity index (χ1) is 20.6. The van der Waals surface area contributed by atoms with E-state index in [1.165, 1.54) is 16.9 Å². The van der Waals surface area contributed by atoms with E-state index >= 15 is 0 Å². The third-order valence-corrected chi connectivity index (χ3v) is 8.24. The Morgan fingerprint density at radius 2 is 1.60 bits per heavy atom. The summed E-state index contributed by atoms with van der Waals surface area (Å²) in [5.74, 6) is 0.122. The Hall–Kier alpha value is -4.21. The van der Waals surface area contributed by atoms with Crippen LogP contribution in [0.2, 0.25) is 0 Å². The predicted molar refractivity (Wildman–Crippen MR) is 176 cm³/mol. The first-order valence-electron chi connectivity index (χ1n) is 14.6. The van der Waals surface area contributed by atoms with Crippen molar-refractivity contribution < 1.29 is 14.3 Å². The Morgan fingerprint density at radius 1 is 0.907 bits per heavy atom. The van der Waals surface area contributed by atoms with Crippen LogP contribution in [0, 0.1) is 0 Å². The number of nitrogens with one attached hydrogen (secondary N) is 3. The standard InChI is InChI=1S/C34H39N5O3S/c1-22(2)35-32(41)29-30(36-26-13-15-28(16-14-26)39-17-19-42-20-18-39)38-33(43-29)24-7-6-8-27(21-24)37-31(40)23-9-11-25(12-10-23)34(3,4)5/h6-16,21-22,36H,17-20H2,1-5H3,(H,35,41)(H,37,40). The van der Waals surface area contributed by atoms with Crippen LogP contribution >= 0.6 is 11.3 Å². The Labute approximate surface area is 257 Å². The summed E-state index contributed by atoms with van der Waals surface area (Å²) in [6, 6.07) is 23.3. The highest BCUT2D eigenvalue weighted by molar-refractivity contribution is 7.17. The maximum absolute atomic E-state index is 13.2. The second-order valence-corrected chi connectivity index (χ2v) is 13.0. The molecule has 3 N–H and O–H groups in total. The smallest absolute Gasteiger partial charge is 0.265 e. The van der Waals surface area contributed by atoms with E-state index in [1.807, 2.05) is 74.5 Å². The number of hydrogen-bond acceptors (Lipinski definition) is 7. The number of thiazole rings is 1. The molecule has 43 heavy (non-hydrogen) atoms. The highest BCUT2D eigenvalue weighted by Crippen LogP contribution is 2.34. The van der Waals surface area contributed by atoms with Crippen molar-refractivity contribution in [2.24, 2.45) is 0 Å². The van der Waals surface area contributed by atoms with Crippen LogP contribution in [0.1, 0.15) is 60.2 Å². The molecule has 0 bridgehead atoms. The molecule has 1 aliphatic heterocycles. The number of morpholine rings is 1. The van der Waals surface area contributed by atoms with Gasteiger partial charge in [-0.1, -0.05) is 45.0 Å². The summed E-state index contributed by atoms with van der Waals surface area (Å²) in [6.07, 6.45) is 0. The first kappa shape index (κ1) is 30.3. The topological polar surface area (TPSA) is 95.6 Å². The monoisotopic (exact) mass is 597 g/mol. The Kier molecular flexibility index (Phi) is 9.13. The van der Waals surface area contributed by atoms with Gasteiger partial charge in [0.15, 0.2) is 5.82 Å². The van der Waals surface area contributed by atoms with Crippen molar-refractivity contribution in [3.63, 3.8) is 0 Å². The van der Waals surface area contributed by atoms with Crippen LogP contribution in [0.3, 0.4) is 0 Å². The molecule has 5 rings (SSSR count). The highest BCUT2D eigenvalue weighted by Gasteiger charge is 2.21. The molecule has 2 heterocycles. The Morgan fingerprint density at radius 3 is 2.26 bits per heavy atom. The number of carbonyl (C=O) groups is 2. The lowest BCUT2D eigenvalue weighted by Crippen LogP contribution is -2.36. The van der Waals surface area contributed by atoms with E-state index in [0.717, 1.165) is 43.2 Å². The molecule has 0 unspecified atom stereocenters. The molecule has 0 atom stereocenters. The van der Waals surface area contributed by atoms with Crippen LogP contribution < -0.4 is 20.9 Å². The van der Waals surface area contributed by atoms with Gasteiger partial charge in [-0.05, 0) is 73.4 Å². The maximum atomic E-state index is 13.2. The van der Waals surface area contributed by atoms with Crippen molar-refractivity contribution >= 4 is 46.0 Å². The summed E-state index contributed by atoms with van der Waals surface area (Å²) < 4.78 is 5.47. The van der Waals surface area contributed by atoms with Crippen LogP contribution in [0.25, 0.3) is 10.6 Å². The average Bonchev–Trinajstić information content (AvgIpc) is 3.41. The fourth-order valence-corrected chi connectivity index (χ4v) is 5.70. The molecule has 0 aliphatic carbocycles. The van der Waals surface area contributed by atoms with Crippen molar-refractivity contribution in [2.45, 2.75) is 46.1 Å². The number of ether oxygens (including phenoxy) is 1. The molecule has 0 radical (unpaired) electrons. The molecule has 1 fully saturated rings. The average molecular weight is 598 g/mol. The van der Waals surface area contributed by atoms with Gasteiger partial charge in [0.2, 0.25) is 0 Å². The molecule has 224 valence electrons. The van der Waals surface area contributed by atoms with E-state index < -0.39 is 0 Å². The van der Waals surface area contributed by atoms with E-state index in [-0.39, 0.29) is 23.3 Å². The number of hydrogen-bond donors (Lipinski definition) is 3. The predicted octanol–water partition coefficient (Wildman–Crippen LogP) is 7.08. The Bertz CT molecular complexity index is 1570. The second-order valence-electron chi connectivity index (χ2n) is 12.0. The second kappa shape index (κ2) is 13.0. The number of anilines is 4. The third kappa shape index (κ3) is 7.60. The van der Waals surface area contributed by atoms with Gasteiger partial charge in [-0.2, -0.15) is 0 Å². The number of amides is 2. The zero-order valence-electron chi connectivity index (χ0n) is 25.4. The molecule has 1 saturated heterocycles. The summed E-state index contributed by atoms with van der Waals surface area (Å²) in [5.41, 5.74) is 5.21. The summed E-state index contributed by atoms with van der Waals surface area (Å²) >= 11 is 1.32. The van der Waals surface area contributed by atoms with Gasteiger partial charge in [-0.3, -0.25) is 9.59 Å². The Balaban J connectivity index is 1.36. The van der Waals surface area contributed by atoms with Gasteiger partial charge in [0.05, 0.1) is 13.2 Å². The summed E-state index contributed by atoms with van der Waals surface area (Å²) in [5, 5.41) is 10.0. The van der Waals surface area contributed by atoms with Crippen LogP contribution in [0.5, 0.6) is 0 Å². The van der Waals surface area contributed by atoms with Gasteiger partial charge in [-0.15, -0.1) is 11.3 Å². The minimum atomic E-state index is -0.186. The van der Waals surface area contributed by atoms with Crippen molar-refractivity contribution in [3.05, 3.63) is 88.8 Å². The fraction of sp³-hybridized carbons (Fsp3) is 0.324. The number of nitrogens with zero attached hydrogens (tertiary/aromatic N) is 2. The molecule has 4 aromatic rings. The van der Waals surface area contributed by atoms with Crippen LogP contribution in [0.4, 0.5) is 22.9 Å². The molecular formula is C34H39N5O3S. The molecule has 1 aromatic heterocycles. The first-order valence-corrected chi connectivity index (χ1v) is 15.4. The minimum absolute atomic E-state index is 0.0159. The maximum Gasteiger partial charge on any atom is 0.265 e. The number of rotatable bonds is 8. The zero-order chi connectivity index (χ0) is 30.6. The van der Waals surface area contributed by atoms with Gasteiger partial charge in [0.1, 0.15) is 9.88 Å². The molecule has 1 aliphatic rings. The fourth-order valence-electron chi connectivity index (χ4n) is 4.78. The summed E-state index contributed by atoms with van der Waals surface area (Å²) in [7, 11) is 0. The highest BCUT2D eigenvalue weighted by atomic mass is 32.1. The normalized spacial score (nSPS) is 13.6. The molecule has 8 nitrogen and oxygen atoms in total. The van der Waals surface area contributed by atoms with Gasteiger partial charge < -0.3 is 25.6 Å². The van der Waals surface area contributed by atoms with E-state index in [9.17, 15) is 9.59 Å². The third-order valence-electron chi connectivity index (χ3n) is 7.14. The van der Waals surface area contributed by atoms with Crippen molar-refractivity contribution in [1.29, 1.82) is 0 Å². The van der Waals surface area contributed by atoms with Gasteiger partial charge in [-0.25, -0.2) is 4.98 Å². The zero-order valence-corrected chi connectivity index (χ0v) is 26.2. The van der Waals surface area contributed by atoms with Gasteiger partial charge >= 0.3 is 0 Å². The molecule has 0 spiro atoms. The van der Waals surface area contributed by atoms with E-state index in [4.69, 9.17) is 9.72 Å². The number of benzene rings is 3. The molecule has 2 amide bonds. The summed E-state index contributed by atoms with van der Waals surface area (Å²) in [6.45, 7) is 13.5. The van der Waals surface area contributed by atoms with E-state index in [1.54, 1.807) is 0 Å². The van der Waals surface area contributed by atoms with Gasteiger partial charge in [0.25, 0.3) is 11.8 Å². The van der Waals surface area contributed by atoms with Crippen molar-refractivity contribution in [3.8, 4) is 10.6 Å². The molecule has 9 heteroatoms. The quantitative estimate of drug-likeness (QED) is 0.201. The van der Waals surface area contributed by atoms with Crippen molar-refractivity contribution in [1.82, 2.24) is 10.3 Å². The van der Waals surface area contributed by atoms with Crippen LogP contribution in [-0.2, 0) is 10.2 Å². The number of aromatic nitrogens is 1. The lowest BCUT2D eigenvalue weighted by molar-refractivity contribution is 0.0947. The lowest BCUT2D eigenvalue weighted by atomic mass is 9.87. The summed E-state index contributed by atoms with van der Waals surface area (Å²) in [4.78, 5) is 33.8. The van der Waals surface area contributed by atoms with Crippen LogP contribution in [0.15, 0.2) is 72.8 Å². The molecule has 0 saturated carbocycles. The number of carbonyl (C=O) groups excluding carboxylic acids is 2. The van der Waals surface area contributed by atoms with E-state index in [0.29, 0.717) is 27.0 Å². The minimum Gasteiger partial charge on any atom is -0.378 e. The van der Waals surface area contributed by atoms with E-state index in [2.05, 4.69) is 53.8 Å². The lowest BCUT2D eigenvalue weighted by Gasteiger charge is -2.28. The molecule has 3 aromatic carbocycles. The SMILES string of the molecule is CC(C)NC(=O)c1sc(-c2cccc(NC(=O)c3ccc(C(C)(C)C)cc3)c2)nc1Nc1ccc(N2CCOCC2)cc1.